The summed E-state index contributed by atoms with van der Waals surface area (Å²) in [5.74, 6) is 0. The molecule has 0 spiro atoms. The van der Waals surface area contributed by atoms with Gasteiger partial charge in [0.2, 0.25) is 0 Å². The SMILES string of the molecule is COCCN(CCNC1CCCN(C)CC1)C(=O)OC(C)(C)C. The van der Waals surface area contributed by atoms with E-state index in [1.54, 1.807) is 12.0 Å². The molecule has 0 aromatic heterocycles. The first-order valence-corrected chi connectivity index (χ1v) is 8.70. The molecule has 1 N–H and O–H groups in total. The van der Waals surface area contributed by atoms with Crippen molar-refractivity contribution in [2.45, 2.75) is 51.7 Å². The number of likely N-dealkylation sites (tertiary alicyclic amines) is 1. The topological polar surface area (TPSA) is 54.0 Å². The lowest BCUT2D eigenvalue weighted by Gasteiger charge is -2.28. The van der Waals surface area contributed by atoms with Crippen LogP contribution in [0.25, 0.3) is 0 Å². The summed E-state index contributed by atoms with van der Waals surface area (Å²) in [5.41, 5.74) is -0.471. The van der Waals surface area contributed by atoms with Crippen molar-refractivity contribution in [2.75, 3.05) is 53.5 Å². The van der Waals surface area contributed by atoms with E-state index in [1.165, 1.54) is 25.8 Å². The van der Waals surface area contributed by atoms with E-state index in [2.05, 4.69) is 17.3 Å². The molecule has 0 aliphatic carbocycles. The maximum atomic E-state index is 12.3. The van der Waals surface area contributed by atoms with Gasteiger partial charge in [-0.3, -0.25) is 0 Å². The zero-order valence-electron chi connectivity index (χ0n) is 15.6. The van der Waals surface area contributed by atoms with Crippen molar-refractivity contribution in [3.63, 3.8) is 0 Å². The molecule has 1 amide bonds. The maximum Gasteiger partial charge on any atom is 0.410 e. The number of rotatable bonds is 7. The van der Waals surface area contributed by atoms with E-state index in [0.717, 1.165) is 13.1 Å². The van der Waals surface area contributed by atoms with Gasteiger partial charge in [-0.25, -0.2) is 4.79 Å². The summed E-state index contributed by atoms with van der Waals surface area (Å²) in [6.45, 7) is 10.5. The lowest BCUT2D eigenvalue weighted by Crippen LogP contribution is -2.43. The zero-order chi connectivity index (χ0) is 17.3. The summed E-state index contributed by atoms with van der Waals surface area (Å²) in [6, 6.07) is 0.544. The third-order valence-corrected chi connectivity index (χ3v) is 3.98. The summed E-state index contributed by atoms with van der Waals surface area (Å²) in [7, 11) is 3.82. The van der Waals surface area contributed by atoms with Crippen LogP contribution in [0.1, 0.15) is 40.0 Å². The number of carbonyl (C=O) groups excluding carboxylic acids is 1. The van der Waals surface area contributed by atoms with Crippen LogP contribution >= 0.6 is 0 Å². The fourth-order valence-corrected chi connectivity index (χ4v) is 2.67. The fourth-order valence-electron chi connectivity index (χ4n) is 2.67. The number of carbonyl (C=O) groups is 1. The summed E-state index contributed by atoms with van der Waals surface area (Å²) in [5, 5.41) is 3.59. The lowest BCUT2D eigenvalue weighted by atomic mass is 10.1. The smallest absolute Gasteiger partial charge is 0.410 e. The molecule has 1 fully saturated rings. The van der Waals surface area contributed by atoms with Gasteiger partial charge < -0.3 is 24.6 Å². The predicted octanol–water partition coefficient (Wildman–Crippen LogP) is 1.94. The van der Waals surface area contributed by atoms with E-state index in [0.29, 0.717) is 25.7 Å². The van der Waals surface area contributed by atoms with Crippen LogP contribution in [0.2, 0.25) is 0 Å². The first-order chi connectivity index (χ1) is 10.8. The Morgan fingerprint density at radius 2 is 2.00 bits per heavy atom. The van der Waals surface area contributed by atoms with Crippen molar-refractivity contribution in [1.29, 1.82) is 0 Å². The zero-order valence-corrected chi connectivity index (χ0v) is 15.6. The molecule has 6 heteroatoms. The van der Waals surface area contributed by atoms with Crippen molar-refractivity contribution in [3.8, 4) is 0 Å². The minimum absolute atomic E-state index is 0.267. The van der Waals surface area contributed by atoms with Crippen LogP contribution in [-0.2, 0) is 9.47 Å². The van der Waals surface area contributed by atoms with Gasteiger partial charge in [0, 0.05) is 32.8 Å². The number of hydrogen-bond donors (Lipinski definition) is 1. The van der Waals surface area contributed by atoms with Crippen molar-refractivity contribution >= 4 is 6.09 Å². The number of nitrogens with one attached hydrogen (secondary N) is 1. The summed E-state index contributed by atoms with van der Waals surface area (Å²) < 4.78 is 10.6. The highest BCUT2D eigenvalue weighted by atomic mass is 16.6. The van der Waals surface area contributed by atoms with Gasteiger partial charge >= 0.3 is 6.09 Å². The minimum Gasteiger partial charge on any atom is -0.444 e. The van der Waals surface area contributed by atoms with E-state index >= 15 is 0 Å². The van der Waals surface area contributed by atoms with Gasteiger partial charge in [-0.15, -0.1) is 0 Å². The van der Waals surface area contributed by atoms with Crippen molar-refractivity contribution < 1.29 is 14.3 Å². The van der Waals surface area contributed by atoms with Crippen LogP contribution in [-0.4, -0.2) is 81.0 Å². The molecule has 1 heterocycles. The molecule has 0 aromatic carbocycles. The number of amides is 1. The standard InChI is InChI=1S/C17H35N3O3/c1-17(2,3)23-16(21)20(13-14-22-5)12-9-18-15-7-6-10-19(4)11-8-15/h15,18H,6-14H2,1-5H3. The van der Waals surface area contributed by atoms with E-state index in [4.69, 9.17) is 9.47 Å². The largest absolute Gasteiger partial charge is 0.444 e. The van der Waals surface area contributed by atoms with Gasteiger partial charge in [0.1, 0.15) is 5.60 Å². The second kappa shape index (κ2) is 10.1. The number of methoxy groups -OCH3 is 1. The van der Waals surface area contributed by atoms with E-state index in [1.807, 2.05) is 20.8 Å². The quantitative estimate of drug-likeness (QED) is 0.774. The van der Waals surface area contributed by atoms with Gasteiger partial charge in [0.15, 0.2) is 0 Å². The average molecular weight is 329 g/mol. The van der Waals surface area contributed by atoms with Crippen LogP contribution in [0, 0.1) is 0 Å². The minimum atomic E-state index is -0.471. The molecular weight excluding hydrogens is 294 g/mol. The Morgan fingerprint density at radius 1 is 1.26 bits per heavy atom. The summed E-state index contributed by atoms with van der Waals surface area (Å²) in [4.78, 5) is 16.4. The van der Waals surface area contributed by atoms with Gasteiger partial charge in [-0.2, -0.15) is 0 Å². The van der Waals surface area contributed by atoms with Crippen LogP contribution in [0.5, 0.6) is 0 Å². The molecule has 1 saturated heterocycles. The third-order valence-electron chi connectivity index (χ3n) is 3.98. The van der Waals surface area contributed by atoms with E-state index in [-0.39, 0.29) is 6.09 Å². The Morgan fingerprint density at radius 3 is 2.65 bits per heavy atom. The first-order valence-electron chi connectivity index (χ1n) is 8.70. The van der Waals surface area contributed by atoms with Crippen molar-refractivity contribution in [2.24, 2.45) is 0 Å². The van der Waals surface area contributed by atoms with Gasteiger partial charge in [-0.05, 0) is 60.2 Å². The Bertz CT molecular complexity index is 344. The summed E-state index contributed by atoms with van der Waals surface area (Å²) >= 11 is 0. The molecule has 0 bridgehead atoms. The van der Waals surface area contributed by atoms with Crippen LogP contribution < -0.4 is 5.32 Å². The first kappa shape index (κ1) is 20.2. The molecular formula is C17H35N3O3. The molecule has 0 radical (unpaired) electrons. The highest BCUT2D eigenvalue weighted by Gasteiger charge is 2.22. The fraction of sp³-hybridized carbons (Fsp3) is 0.941. The second-order valence-corrected chi connectivity index (χ2v) is 7.35. The molecule has 1 aliphatic rings. The average Bonchev–Trinajstić information content (AvgIpc) is 2.65. The normalized spacial score (nSPS) is 20.1. The second-order valence-electron chi connectivity index (χ2n) is 7.35. The summed E-state index contributed by atoms with van der Waals surface area (Å²) in [6.07, 6.45) is 3.33. The number of hydrogen-bond acceptors (Lipinski definition) is 5. The molecule has 6 nitrogen and oxygen atoms in total. The van der Waals surface area contributed by atoms with Crippen molar-refractivity contribution in [3.05, 3.63) is 0 Å². The molecule has 1 unspecified atom stereocenters. The Balaban J connectivity index is 2.39. The number of ether oxygens (including phenoxy) is 2. The molecule has 0 saturated carbocycles. The number of nitrogens with zero attached hydrogens (tertiary/aromatic N) is 2. The Hall–Kier alpha value is -0.850. The molecule has 1 rings (SSSR count). The van der Waals surface area contributed by atoms with Crippen LogP contribution in [0.15, 0.2) is 0 Å². The lowest BCUT2D eigenvalue weighted by molar-refractivity contribution is 0.0202. The molecule has 1 aliphatic heterocycles. The monoisotopic (exact) mass is 329 g/mol. The van der Waals surface area contributed by atoms with E-state index < -0.39 is 5.60 Å². The molecule has 23 heavy (non-hydrogen) atoms. The molecule has 0 aromatic rings. The van der Waals surface area contributed by atoms with Crippen LogP contribution in [0.3, 0.4) is 0 Å². The highest BCUT2D eigenvalue weighted by Crippen LogP contribution is 2.11. The van der Waals surface area contributed by atoms with Gasteiger partial charge in [0.25, 0.3) is 0 Å². The van der Waals surface area contributed by atoms with E-state index in [9.17, 15) is 4.79 Å². The Labute approximate surface area is 141 Å². The highest BCUT2D eigenvalue weighted by molar-refractivity contribution is 5.68. The molecule has 1 atom stereocenters. The Kier molecular flexibility index (Phi) is 8.87. The van der Waals surface area contributed by atoms with Gasteiger partial charge in [-0.1, -0.05) is 0 Å². The van der Waals surface area contributed by atoms with Gasteiger partial charge in [0.05, 0.1) is 6.61 Å². The van der Waals surface area contributed by atoms with Crippen LogP contribution in [0.4, 0.5) is 4.79 Å². The predicted molar refractivity (Wildman–Crippen MR) is 92.8 cm³/mol. The third kappa shape index (κ3) is 9.13. The van der Waals surface area contributed by atoms with Crippen molar-refractivity contribution in [1.82, 2.24) is 15.1 Å². The maximum absolute atomic E-state index is 12.3. The molecule has 136 valence electrons.